The van der Waals surface area contributed by atoms with Gasteiger partial charge in [0.05, 0.1) is 30.9 Å². The van der Waals surface area contributed by atoms with Gasteiger partial charge >= 0.3 is 6.03 Å². The number of aliphatic hydroxyl groups is 1. The monoisotopic (exact) mass is 446 g/mol. The number of nitrogens with zero attached hydrogens (tertiary/aromatic N) is 5. The minimum atomic E-state index is -0.376. The van der Waals surface area contributed by atoms with E-state index >= 15 is 0 Å². The van der Waals surface area contributed by atoms with Gasteiger partial charge in [-0.15, -0.1) is 0 Å². The first-order chi connectivity index (χ1) is 16.1. The highest BCUT2D eigenvalue weighted by Gasteiger charge is 2.28. The van der Waals surface area contributed by atoms with Crippen molar-refractivity contribution in [1.29, 1.82) is 0 Å². The number of anilines is 3. The van der Waals surface area contributed by atoms with Gasteiger partial charge in [-0.3, -0.25) is 9.55 Å². The Bertz CT molecular complexity index is 1280. The first kappa shape index (κ1) is 20.8. The van der Waals surface area contributed by atoms with E-state index in [0.29, 0.717) is 28.4 Å². The summed E-state index contributed by atoms with van der Waals surface area (Å²) in [6.07, 6.45) is 5.88. The van der Waals surface area contributed by atoms with Crippen LogP contribution in [0.5, 0.6) is 0 Å². The second-order valence-corrected chi connectivity index (χ2v) is 7.63. The highest BCUT2D eigenvalue weighted by atomic mass is 16.5. The van der Waals surface area contributed by atoms with Crippen molar-refractivity contribution in [3.8, 4) is 11.4 Å². The number of imidazole rings is 1. The smallest absolute Gasteiger partial charge is 0.323 e. The lowest BCUT2D eigenvalue weighted by Gasteiger charge is -2.14. The molecule has 5 rings (SSSR count). The zero-order valence-electron chi connectivity index (χ0n) is 17.5. The van der Waals surface area contributed by atoms with Crippen LogP contribution in [-0.4, -0.2) is 48.4 Å². The molecular formula is C22H22N8O3. The van der Waals surface area contributed by atoms with E-state index in [2.05, 4.69) is 30.6 Å². The number of aromatic nitrogens is 5. The summed E-state index contributed by atoms with van der Waals surface area (Å²) in [5, 5.41) is 14.8. The van der Waals surface area contributed by atoms with Gasteiger partial charge in [-0.25, -0.2) is 19.7 Å². The summed E-state index contributed by atoms with van der Waals surface area (Å²) in [6, 6.07) is 10.2. The van der Waals surface area contributed by atoms with Gasteiger partial charge in [-0.05, 0) is 49.2 Å². The van der Waals surface area contributed by atoms with Crippen LogP contribution in [-0.2, 0) is 4.74 Å². The normalized spacial score (nSPS) is 17.8. The van der Waals surface area contributed by atoms with E-state index in [1.807, 2.05) is 4.57 Å². The molecule has 3 aromatic heterocycles. The Morgan fingerprint density at radius 1 is 1.15 bits per heavy atom. The summed E-state index contributed by atoms with van der Waals surface area (Å²) in [5.41, 5.74) is 9.15. The lowest BCUT2D eigenvalue weighted by atomic mass is 10.2. The van der Waals surface area contributed by atoms with Crippen LogP contribution in [0.25, 0.3) is 22.6 Å². The summed E-state index contributed by atoms with van der Waals surface area (Å²) < 4.78 is 7.69. The second-order valence-electron chi connectivity index (χ2n) is 7.63. The Labute approximate surface area is 188 Å². The summed E-state index contributed by atoms with van der Waals surface area (Å²) in [5.74, 6) is 0.702. The number of carbonyl (C=O) groups is 1. The van der Waals surface area contributed by atoms with Gasteiger partial charge in [0.15, 0.2) is 17.3 Å². The SMILES string of the molecule is Nc1nc(-c2ccc(NC(=O)Nc3cccnc3)cc2)nc2c1ncn2[C@H]1CC[C@@H](CO)O1. The number of aliphatic hydroxyl groups excluding tert-OH is 1. The molecule has 0 bridgehead atoms. The van der Waals surface area contributed by atoms with Crippen LogP contribution >= 0.6 is 0 Å². The largest absolute Gasteiger partial charge is 0.394 e. The average molecular weight is 446 g/mol. The molecule has 0 spiro atoms. The summed E-state index contributed by atoms with van der Waals surface area (Å²) in [6.45, 7) is -0.0217. The third-order valence-corrected chi connectivity index (χ3v) is 5.37. The topological polar surface area (TPSA) is 153 Å². The van der Waals surface area contributed by atoms with Crippen LogP contribution in [0.3, 0.4) is 0 Å². The Morgan fingerprint density at radius 3 is 2.70 bits per heavy atom. The van der Waals surface area contributed by atoms with Crippen LogP contribution in [0.2, 0.25) is 0 Å². The number of nitrogens with two attached hydrogens (primary N) is 1. The van der Waals surface area contributed by atoms with Crippen LogP contribution in [0, 0.1) is 0 Å². The van der Waals surface area contributed by atoms with E-state index < -0.39 is 0 Å². The van der Waals surface area contributed by atoms with Crippen molar-refractivity contribution < 1.29 is 14.6 Å². The van der Waals surface area contributed by atoms with Gasteiger partial charge in [-0.1, -0.05) is 0 Å². The zero-order chi connectivity index (χ0) is 22.8. The van der Waals surface area contributed by atoms with Crippen molar-refractivity contribution in [2.75, 3.05) is 23.0 Å². The number of fused-ring (bicyclic) bond motifs is 1. The van der Waals surface area contributed by atoms with Crippen molar-refractivity contribution in [1.82, 2.24) is 24.5 Å². The van der Waals surface area contributed by atoms with Crippen LogP contribution in [0.15, 0.2) is 55.1 Å². The lowest BCUT2D eigenvalue weighted by molar-refractivity contribution is -0.0207. The number of amides is 2. The Balaban J connectivity index is 1.35. The Kier molecular flexibility index (Phi) is 5.55. The van der Waals surface area contributed by atoms with Crippen LogP contribution < -0.4 is 16.4 Å². The quantitative estimate of drug-likeness (QED) is 0.365. The molecule has 1 saturated heterocycles. The molecule has 1 aliphatic rings. The number of benzene rings is 1. The third-order valence-electron chi connectivity index (χ3n) is 5.37. The maximum Gasteiger partial charge on any atom is 0.323 e. The van der Waals surface area contributed by atoms with Gasteiger partial charge in [0.25, 0.3) is 0 Å². The average Bonchev–Trinajstić information content (AvgIpc) is 3.47. The first-order valence-corrected chi connectivity index (χ1v) is 10.5. The minimum Gasteiger partial charge on any atom is -0.394 e. The fourth-order valence-corrected chi connectivity index (χ4v) is 3.74. The molecular weight excluding hydrogens is 424 g/mol. The van der Waals surface area contributed by atoms with E-state index in [1.165, 1.54) is 0 Å². The second kappa shape index (κ2) is 8.81. The molecule has 0 saturated carbocycles. The van der Waals surface area contributed by atoms with Crippen molar-refractivity contribution >= 4 is 34.4 Å². The molecule has 1 aliphatic heterocycles. The number of ether oxygens (including phenoxy) is 1. The van der Waals surface area contributed by atoms with Gasteiger partial charge in [0, 0.05) is 17.4 Å². The van der Waals surface area contributed by atoms with Crippen LogP contribution in [0.4, 0.5) is 22.0 Å². The predicted octanol–water partition coefficient (Wildman–Crippen LogP) is 2.78. The molecule has 4 aromatic rings. The van der Waals surface area contributed by atoms with E-state index in [1.54, 1.807) is 55.1 Å². The van der Waals surface area contributed by atoms with E-state index in [9.17, 15) is 9.90 Å². The maximum atomic E-state index is 12.2. The van der Waals surface area contributed by atoms with Crippen molar-refractivity contribution in [2.45, 2.75) is 25.2 Å². The summed E-state index contributed by atoms with van der Waals surface area (Å²) in [4.78, 5) is 29.5. The predicted molar refractivity (Wildman–Crippen MR) is 122 cm³/mol. The maximum absolute atomic E-state index is 12.2. The molecule has 11 nitrogen and oxygen atoms in total. The van der Waals surface area contributed by atoms with Gasteiger partial charge < -0.3 is 26.2 Å². The van der Waals surface area contributed by atoms with E-state index in [0.717, 1.165) is 18.4 Å². The zero-order valence-corrected chi connectivity index (χ0v) is 17.5. The minimum absolute atomic E-state index is 0.0217. The molecule has 2 atom stereocenters. The molecule has 168 valence electrons. The standard InChI is InChI=1S/C22H22N8O3/c23-19-18-21(30(12-25-18)17-8-7-16(11-31)33-17)29-20(28-19)13-3-5-14(6-4-13)26-22(32)27-15-2-1-9-24-10-15/h1-6,9-10,12,16-17,31H,7-8,11H2,(H2,23,28,29)(H2,26,27,32)/t16-,17+/m0/s1. The number of hydrogen-bond acceptors (Lipinski definition) is 8. The number of urea groups is 1. The molecule has 33 heavy (non-hydrogen) atoms. The molecule has 1 fully saturated rings. The molecule has 1 aromatic carbocycles. The van der Waals surface area contributed by atoms with Crippen molar-refractivity contribution in [3.63, 3.8) is 0 Å². The third kappa shape index (κ3) is 4.31. The van der Waals surface area contributed by atoms with E-state index in [-0.39, 0.29) is 30.8 Å². The van der Waals surface area contributed by atoms with Crippen LogP contribution in [0.1, 0.15) is 19.1 Å². The number of carbonyl (C=O) groups excluding carboxylic acids is 1. The first-order valence-electron chi connectivity index (χ1n) is 10.5. The molecule has 4 heterocycles. The number of hydrogen-bond donors (Lipinski definition) is 4. The summed E-state index contributed by atoms with van der Waals surface area (Å²) in [7, 11) is 0. The van der Waals surface area contributed by atoms with Crippen molar-refractivity contribution in [2.24, 2.45) is 0 Å². The molecule has 11 heteroatoms. The lowest BCUT2D eigenvalue weighted by Crippen LogP contribution is -2.19. The highest BCUT2D eigenvalue weighted by Crippen LogP contribution is 2.32. The number of rotatable bonds is 5. The van der Waals surface area contributed by atoms with Gasteiger partial charge in [0.1, 0.15) is 11.7 Å². The van der Waals surface area contributed by atoms with Gasteiger partial charge in [0.2, 0.25) is 0 Å². The summed E-state index contributed by atoms with van der Waals surface area (Å²) >= 11 is 0. The molecule has 0 unspecified atom stereocenters. The molecule has 0 radical (unpaired) electrons. The molecule has 2 amide bonds. The fraction of sp³-hybridized carbons (Fsp3) is 0.227. The fourth-order valence-electron chi connectivity index (χ4n) is 3.74. The van der Waals surface area contributed by atoms with E-state index in [4.69, 9.17) is 10.5 Å². The number of nitrogen functional groups attached to an aromatic ring is 1. The Morgan fingerprint density at radius 2 is 1.97 bits per heavy atom. The Hall–Kier alpha value is -4.09. The molecule has 0 aliphatic carbocycles. The number of pyridine rings is 1. The van der Waals surface area contributed by atoms with Gasteiger partial charge in [-0.2, -0.15) is 0 Å². The highest BCUT2D eigenvalue weighted by molar-refractivity contribution is 5.99. The molecule has 5 N–H and O–H groups in total. The van der Waals surface area contributed by atoms with Crippen molar-refractivity contribution in [3.05, 3.63) is 55.1 Å². The number of nitrogens with one attached hydrogen (secondary N) is 2.